The molecule has 2 aromatic carbocycles. The molecule has 2 amide bonds. The molecule has 0 aromatic heterocycles. The molecule has 0 radical (unpaired) electrons. The van der Waals surface area contributed by atoms with Crippen LogP contribution in [0.2, 0.25) is 0 Å². The zero-order valence-electron chi connectivity index (χ0n) is 15.9. The van der Waals surface area contributed by atoms with Crippen molar-refractivity contribution in [3.05, 3.63) is 63.0 Å². The number of amides is 2. The first-order valence-corrected chi connectivity index (χ1v) is 10.5. The van der Waals surface area contributed by atoms with E-state index in [4.69, 9.17) is 9.47 Å². The van der Waals surface area contributed by atoms with Crippen molar-refractivity contribution in [3.63, 3.8) is 0 Å². The number of nitrogens with zero attached hydrogens (tertiary/aromatic N) is 1. The minimum Gasteiger partial charge on any atom is -0.490 e. The van der Waals surface area contributed by atoms with Gasteiger partial charge in [0.2, 0.25) is 5.91 Å². The van der Waals surface area contributed by atoms with Crippen LogP contribution in [0.5, 0.6) is 11.5 Å². The van der Waals surface area contributed by atoms with Crippen LogP contribution in [0.15, 0.2) is 56.8 Å². The van der Waals surface area contributed by atoms with Crippen molar-refractivity contribution in [2.24, 2.45) is 4.99 Å². The van der Waals surface area contributed by atoms with Crippen LogP contribution in [0.1, 0.15) is 25.0 Å². The topological polar surface area (TPSA) is 77.0 Å². The second-order valence-electron chi connectivity index (χ2n) is 6.05. The van der Waals surface area contributed by atoms with Crippen molar-refractivity contribution in [3.8, 4) is 11.5 Å². The van der Waals surface area contributed by atoms with E-state index in [0.29, 0.717) is 34.1 Å². The number of thioether (sulfide) groups is 1. The molecular formula is C21H19BrN2O4S. The summed E-state index contributed by atoms with van der Waals surface area (Å²) in [6, 6.07) is 13.5. The summed E-state index contributed by atoms with van der Waals surface area (Å²) in [5, 5.41) is 2.81. The quantitative estimate of drug-likeness (QED) is 0.622. The van der Waals surface area contributed by atoms with Gasteiger partial charge in [-0.05, 0) is 64.0 Å². The lowest BCUT2D eigenvalue weighted by Crippen LogP contribution is -2.23. The highest BCUT2D eigenvalue weighted by atomic mass is 79.9. The summed E-state index contributed by atoms with van der Waals surface area (Å²) in [5.41, 5.74) is 1.80. The largest absolute Gasteiger partial charge is 0.490 e. The minimum atomic E-state index is -0.391. The number of carbonyl (C=O) groups excluding carboxylic acids is 2. The van der Waals surface area contributed by atoms with Crippen molar-refractivity contribution in [2.75, 3.05) is 6.61 Å². The van der Waals surface area contributed by atoms with E-state index in [9.17, 15) is 9.59 Å². The number of amidine groups is 1. The lowest BCUT2D eigenvalue weighted by molar-refractivity contribution is -0.117. The Morgan fingerprint density at radius 3 is 2.69 bits per heavy atom. The molecule has 1 aliphatic rings. The molecule has 0 spiro atoms. The Morgan fingerprint density at radius 1 is 1.24 bits per heavy atom. The molecule has 0 fully saturated rings. The van der Waals surface area contributed by atoms with Crippen LogP contribution in [0.25, 0.3) is 6.08 Å². The number of aliphatic imine (C=N–C) groups is 1. The highest BCUT2D eigenvalue weighted by Gasteiger charge is 2.23. The number of carbonyl (C=O) groups is 2. The molecule has 29 heavy (non-hydrogen) atoms. The molecule has 150 valence electrons. The zero-order valence-corrected chi connectivity index (χ0v) is 18.3. The van der Waals surface area contributed by atoms with Gasteiger partial charge in [-0.3, -0.25) is 9.59 Å². The fourth-order valence-corrected chi connectivity index (χ4v) is 4.00. The Kier molecular flexibility index (Phi) is 7.11. The molecule has 0 unspecified atom stereocenters. The van der Waals surface area contributed by atoms with E-state index in [-0.39, 0.29) is 11.1 Å². The molecule has 0 atom stereocenters. The van der Waals surface area contributed by atoms with E-state index in [1.54, 1.807) is 6.08 Å². The maximum absolute atomic E-state index is 12.1. The highest BCUT2D eigenvalue weighted by Crippen LogP contribution is 2.39. The third kappa shape index (κ3) is 5.71. The third-order valence-electron chi connectivity index (χ3n) is 3.76. The van der Waals surface area contributed by atoms with Gasteiger partial charge in [0.05, 0.1) is 16.0 Å². The van der Waals surface area contributed by atoms with Gasteiger partial charge in [-0.25, -0.2) is 0 Å². The Bertz CT molecular complexity index is 990. The smallest absolute Gasteiger partial charge is 0.286 e. The third-order valence-corrected chi connectivity index (χ3v) is 5.25. The molecule has 0 saturated heterocycles. The Morgan fingerprint density at radius 2 is 2.00 bits per heavy atom. The highest BCUT2D eigenvalue weighted by molar-refractivity contribution is 9.10. The molecule has 1 N–H and O–H groups in total. The summed E-state index contributed by atoms with van der Waals surface area (Å²) in [5.74, 6) is 0.505. The first-order valence-electron chi connectivity index (χ1n) is 8.89. The SMILES string of the molecule is CCOc1cc(C=C2SC(NC(C)=O)=NC2=O)cc(Br)c1OCc1ccccc1. The average molecular weight is 475 g/mol. The Labute approximate surface area is 181 Å². The second kappa shape index (κ2) is 9.76. The van der Waals surface area contributed by atoms with Crippen LogP contribution in [0, 0.1) is 0 Å². The molecule has 1 heterocycles. The van der Waals surface area contributed by atoms with Gasteiger partial charge >= 0.3 is 0 Å². The van der Waals surface area contributed by atoms with Crippen molar-refractivity contribution < 1.29 is 19.1 Å². The van der Waals surface area contributed by atoms with Crippen LogP contribution >= 0.6 is 27.7 Å². The van der Waals surface area contributed by atoms with Gasteiger partial charge in [0.25, 0.3) is 5.91 Å². The molecule has 0 saturated carbocycles. The lowest BCUT2D eigenvalue weighted by atomic mass is 10.2. The van der Waals surface area contributed by atoms with Crippen LogP contribution in [-0.4, -0.2) is 23.6 Å². The number of hydrogen-bond donors (Lipinski definition) is 1. The number of benzene rings is 2. The maximum Gasteiger partial charge on any atom is 0.286 e. The van der Waals surface area contributed by atoms with Crippen LogP contribution in [0.4, 0.5) is 0 Å². The number of rotatable bonds is 6. The van der Waals surface area contributed by atoms with Crippen LogP contribution in [0.3, 0.4) is 0 Å². The van der Waals surface area contributed by atoms with Gasteiger partial charge in [-0.2, -0.15) is 4.99 Å². The molecule has 3 rings (SSSR count). The van der Waals surface area contributed by atoms with Gasteiger partial charge in [-0.1, -0.05) is 30.3 Å². The van der Waals surface area contributed by atoms with Crippen LogP contribution in [-0.2, 0) is 16.2 Å². The van der Waals surface area contributed by atoms with E-state index < -0.39 is 5.91 Å². The summed E-state index contributed by atoms with van der Waals surface area (Å²) >= 11 is 4.66. The van der Waals surface area contributed by atoms with Crippen molar-refractivity contribution in [2.45, 2.75) is 20.5 Å². The molecule has 6 nitrogen and oxygen atoms in total. The van der Waals surface area contributed by atoms with E-state index in [2.05, 4.69) is 26.2 Å². The summed E-state index contributed by atoms with van der Waals surface area (Å²) < 4.78 is 12.4. The fourth-order valence-electron chi connectivity index (χ4n) is 2.57. The summed E-state index contributed by atoms with van der Waals surface area (Å²) in [6.45, 7) is 4.14. The van der Waals surface area contributed by atoms with Gasteiger partial charge in [0.15, 0.2) is 16.7 Å². The fraction of sp³-hybridized carbons (Fsp3) is 0.190. The molecular weight excluding hydrogens is 456 g/mol. The number of hydrogen-bond acceptors (Lipinski definition) is 5. The van der Waals surface area contributed by atoms with E-state index in [1.165, 1.54) is 6.92 Å². The van der Waals surface area contributed by atoms with Gasteiger partial charge in [-0.15, -0.1) is 0 Å². The van der Waals surface area contributed by atoms with E-state index in [1.807, 2.05) is 49.4 Å². The van der Waals surface area contributed by atoms with Gasteiger partial charge in [0, 0.05) is 6.92 Å². The number of halogens is 1. The predicted molar refractivity (Wildman–Crippen MR) is 118 cm³/mol. The average Bonchev–Trinajstić information content (AvgIpc) is 3.00. The molecule has 1 aliphatic heterocycles. The van der Waals surface area contributed by atoms with Crippen molar-refractivity contribution >= 4 is 50.7 Å². The van der Waals surface area contributed by atoms with Crippen LogP contribution < -0.4 is 14.8 Å². The summed E-state index contributed by atoms with van der Waals surface area (Å²) in [4.78, 5) is 27.5. The second-order valence-corrected chi connectivity index (χ2v) is 7.94. The Hall–Kier alpha value is -2.58. The van der Waals surface area contributed by atoms with E-state index in [0.717, 1.165) is 22.9 Å². The van der Waals surface area contributed by atoms with Crippen molar-refractivity contribution in [1.82, 2.24) is 5.32 Å². The molecule has 8 heteroatoms. The monoisotopic (exact) mass is 474 g/mol. The first kappa shape index (κ1) is 21.1. The van der Waals surface area contributed by atoms with Crippen molar-refractivity contribution in [1.29, 1.82) is 0 Å². The van der Waals surface area contributed by atoms with Gasteiger partial charge in [0.1, 0.15) is 6.61 Å². The lowest BCUT2D eigenvalue weighted by Gasteiger charge is -2.15. The molecule has 0 aliphatic carbocycles. The first-order chi connectivity index (χ1) is 14.0. The summed E-state index contributed by atoms with van der Waals surface area (Å²) in [6.07, 6.45) is 1.71. The maximum atomic E-state index is 12.1. The standard InChI is InChI=1S/C21H19BrN2O4S/c1-3-27-17-10-15(11-18-20(26)24-21(29-18)23-13(2)25)9-16(22)19(17)28-12-14-7-5-4-6-8-14/h4-11H,3,12H2,1-2H3,(H,23,24,25,26). The predicted octanol–water partition coefficient (Wildman–Crippen LogP) is 4.53. The van der Waals surface area contributed by atoms with Gasteiger partial charge < -0.3 is 14.8 Å². The molecule has 0 bridgehead atoms. The number of ether oxygens (including phenoxy) is 2. The number of nitrogens with one attached hydrogen (secondary N) is 1. The molecule has 2 aromatic rings. The summed E-state index contributed by atoms with van der Waals surface area (Å²) in [7, 11) is 0. The normalized spacial score (nSPS) is 14.7. The van der Waals surface area contributed by atoms with E-state index >= 15 is 0 Å². The zero-order chi connectivity index (χ0) is 20.8. The Balaban J connectivity index is 1.82. The minimum absolute atomic E-state index is 0.272.